The van der Waals surface area contributed by atoms with E-state index in [1.807, 2.05) is 30.5 Å². The van der Waals surface area contributed by atoms with Crippen LogP contribution in [0.5, 0.6) is 0 Å². The summed E-state index contributed by atoms with van der Waals surface area (Å²) in [5, 5.41) is 6.01. The van der Waals surface area contributed by atoms with Crippen LogP contribution < -0.4 is 10.7 Å². The van der Waals surface area contributed by atoms with E-state index in [0.29, 0.717) is 23.1 Å². The average Bonchev–Trinajstić information content (AvgIpc) is 3.22. The number of nitrogens with zero attached hydrogens (tertiary/aromatic N) is 2. The molecule has 0 atom stereocenters. The molecule has 1 aromatic carbocycles. The molecule has 0 spiro atoms. The first kappa shape index (κ1) is 18.8. The van der Waals surface area contributed by atoms with Gasteiger partial charge in [0.25, 0.3) is 0 Å². The Balaban J connectivity index is 1.42. The summed E-state index contributed by atoms with van der Waals surface area (Å²) in [5.74, 6) is -0.315. The molecule has 0 bridgehead atoms. The first-order valence-electron chi connectivity index (χ1n) is 8.93. The number of carbonyl (C=O) groups excluding carboxylic acids is 1. The van der Waals surface area contributed by atoms with Crippen LogP contribution in [0.3, 0.4) is 0 Å². The van der Waals surface area contributed by atoms with E-state index < -0.39 is 0 Å². The van der Waals surface area contributed by atoms with Crippen molar-refractivity contribution in [1.82, 2.24) is 15.3 Å². The number of hydrogen-bond acceptors (Lipinski definition) is 6. The lowest BCUT2D eigenvalue weighted by molar-refractivity contribution is -0.116. The van der Waals surface area contributed by atoms with Crippen LogP contribution >= 0.6 is 11.3 Å². The van der Waals surface area contributed by atoms with Crippen LogP contribution in [-0.2, 0) is 11.3 Å². The van der Waals surface area contributed by atoms with Crippen molar-refractivity contribution in [3.05, 3.63) is 87.5 Å². The minimum absolute atomic E-state index is 0.167. The van der Waals surface area contributed by atoms with Crippen molar-refractivity contribution in [3.63, 3.8) is 0 Å². The highest BCUT2D eigenvalue weighted by Crippen LogP contribution is 2.22. The lowest BCUT2D eigenvalue weighted by atomic mass is 10.1. The predicted octanol–water partition coefficient (Wildman–Crippen LogP) is 3.95. The van der Waals surface area contributed by atoms with Crippen LogP contribution in [-0.4, -0.2) is 15.9 Å². The van der Waals surface area contributed by atoms with Crippen molar-refractivity contribution >= 4 is 34.3 Å². The molecule has 29 heavy (non-hydrogen) atoms. The molecular formula is C22H17N3O3S. The minimum atomic E-state index is -0.315. The predicted molar refractivity (Wildman–Crippen MR) is 113 cm³/mol. The maximum Gasteiger partial charge on any atom is 0.244 e. The van der Waals surface area contributed by atoms with Gasteiger partial charge in [-0.2, -0.15) is 0 Å². The van der Waals surface area contributed by atoms with E-state index in [-0.39, 0.29) is 11.3 Å². The highest BCUT2D eigenvalue weighted by molar-refractivity contribution is 7.13. The zero-order valence-electron chi connectivity index (χ0n) is 15.6. The summed E-state index contributed by atoms with van der Waals surface area (Å²) < 4.78 is 5.49. The summed E-state index contributed by atoms with van der Waals surface area (Å²) in [6.07, 6.45) is 7.61. The average molecular weight is 403 g/mol. The molecular weight excluding hydrogens is 386 g/mol. The number of amides is 1. The molecule has 0 saturated carbocycles. The Morgan fingerprint density at radius 2 is 2.21 bits per heavy atom. The van der Waals surface area contributed by atoms with Crippen molar-refractivity contribution in [2.75, 3.05) is 0 Å². The Hall–Kier alpha value is -3.58. The summed E-state index contributed by atoms with van der Waals surface area (Å²) in [4.78, 5) is 33.3. The molecule has 0 aliphatic rings. The molecule has 3 heterocycles. The lowest BCUT2D eigenvalue weighted by Gasteiger charge is -2.01. The molecule has 7 heteroatoms. The second kappa shape index (κ2) is 8.20. The minimum Gasteiger partial charge on any atom is -0.463 e. The van der Waals surface area contributed by atoms with E-state index in [1.165, 1.54) is 29.8 Å². The fourth-order valence-corrected chi connectivity index (χ4v) is 3.60. The van der Waals surface area contributed by atoms with Crippen molar-refractivity contribution in [3.8, 4) is 10.6 Å². The molecule has 0 fully saturated rings. The monoisotopic (exact) mass is 403 g/mol. The van der Waals surface area contributed by atoms with Crippen LogP contribution in [0, 0.1) is 6.92 Å². The third-order valence-corrected chi connectivity index (χ3v) is 5.21. The topological polar surface area (TPSA) is 85.1 Å². The number of aryl methyl sites for hydroxylation is 1. The number of hydrogen-bond donors (Lipinski definition) is 1. The summed E-state index contributed by atoms with van der Waals surface area (Å²) in [5.41, 5.74) is 3.35. The molecule has 4 aromatic rings. The first-order valence-corrected chi connectivity index (χ1v) is 9.81. The Bertz CT molecular complexity index is 1260. The zero-order valence-corrected chi connectivity index (χ0v) is 16.4. The number of rotatable bonds is 5. The second-order valence-electron chi connectivity index (χ2n) is 6.46. The van der Waals surface area contributed by atoms with E-state index in [1.54, 1.807) is 24.5 Å². The summed E-state index contributed by atoms with van der Waals surface area (Å²) in [7, 11) is 0. The zero-order chi connectivity index (χ0) is 20.2. The lowest BCUT2D eigenvalue weighted by Crippen LogP contribution is -2.20. The Kier molecular flexibility index (Phi) is 5.31. The molecule has 0 aliphatic heterocycles. The maximum atomic E-state index is 12.6. The van der Waals surface area contributed by atoms with Gasteiger partial charge in [-0.15, -0.1) is 11.3 Å². The molecule has 1 N–H and O–H groups in total. The van der Waals surface area contributed by atoms with Gasteiger partial charge in [0.15, 0.2) is 5.43 Å². The Morgan fingerprint density at radius 3 is 3.03 bits per heavy atom. The fraction of sp³-hybridized carbons (Fsp3) is 0.0909. The van der Waals surface area contributed by atoms with Gasteiger partial charge in [-0.3, -0.25) is 14.6 Å². The maximum absolute atomic E-state index is 12.6. The van der Waals surface area contributed by atoms with Crippen LogP contribution in [0.1, 0.15) is 16.8 Å². The van der Waals surface area contributed by atoms with Gasteiger partial charge in [0.1, 0.15) is 16.9 Å². The number of nitrogens with one attached hydrogen (secondary N) is 1. The third-order valence-electron chi connectivity index (χ3n) is 4.27. The summed E-state index contributed by atoms with van der Waals surface area (Å²) >= 11 is 1.49. The Labute approximate surface area is 170 Å². The third kappa shape index (κ3) is 4.30. The molecule has 3 aromatic heterocycles. The van der Waals surface area contributed by atoms with Crippen molar-refractivity contribution < 1.29 is 9.21 Å². The van der Waals surface area contributed by atoms with Crippen LogP contribution in [0.4, 0.5) is 0 Å². The molecule has 0 saturated heterocycles. The van der Waals surface area contributed by atoms with E-state index in [9.17, 15) is 9.59 Å². The molecule has 144 valence electrons. The van der Waals surface area contributed by atoms with Gasteiger partial charge in [-0.1, -0.05) is 11.6 Å². The molecule has 0 aliphatic carbocycles. The number of fused-ring (bicyclic) bond motifs is 1. The van der Waals surface area contributed by atoms with Gasteiger partial charge in [0.05, 0.1) is 23.2 Å². The van der Waals surface area contributed by atoms with Gasteiger partial charge < -0.3 is 9.73 Å². The summed E-state index contributed by atoms with van der Waals surface area (Å²) in [6, 6.07) is 9.22. The van der Waals surface area contributed by atoms with Gasteiger partial charge in [0.2, 0.25) is 5.91 Å². The smallest absolute Gasteiger partial charge is 0.244 e. The normalized spacial score (nSPS) is 11.2. The fourth-order valence-electron chi connectivity index (χ4n) is 2.79. The quantitative estimate of drug-likeness (QED) is 0.510. The number of pyridine rings is 1. The van der Waals surface area contributed by atoms with Crippen molar-refractivity contribution in [2.24, 2.45) is 0 Å². The van der Waals surface area contributed by atoms with Gasteiger partial charge in [-0.05, 0) is 37.3 Å². The Morgan fingerprint density at radius 1 is 1.31 bits per heavy atom. The number of carbonyl (C=O) groups is 1. The highest BCUT2D eigenvalue weighted by Gasteiger charge is 2.07. The largest absolute Gasteiger partial charge is 0.463 e. The number of thiazole rings is 1. The van der Waals surface area contributed by atoms with E-state index in [2.05, 4.69) is 15.3 Å². The van der Waals surface area contributed by atoms with E-state index in [0.717, 1.165) is 21.8 Å². The summed E-state index contributed by atoms with van der Waals surface area (Å²) in [6.45, 7) is 2.21. The SMILES string of the molecule is Cc1ccc2occ(/C=C/C(=O)NCc3csc(-c4cccnc4)n3)c(=O)c2c1. The van der Waals surface area contributed by atoms with Gasteiger partial charge in [0, 0.05) is 29.4 Å². The highest BCUT2D eigenvalue weighted by atomic mass is 32.1. The number of benzene rings is 1. The molecule has 6 nitrogen and oxygen atoms in total. The van der Waals surface area contributed by atoms with Crippen LogP contribution in [0.25, 0.3) is 27.6 Å². The van der Waals surface area contributed by atoms with Crippen LogP contribution in [0.2, 0.25) is 0 Å². The second-order valence-corrected chi connectivity index (χ2v) is 7.31. The molecule has 1 amide bonds. The molecule has 0 unspecified atom stereocenters. The van der Waals surface area contributed by atoms with Crippen LogP contribution in [0.15, 0.2) is 69.7 Å². The van der Waals surface area contributed by atoms with E-state index >= 15 is 0 Å². The number of aromatic nitrogens is 2. The van der Waals surface area contributed by atoms with Gasteiger partial charge >= 0.3 is 0 Å². The van der Waals surface area contributed by atoms with Crippen molar-refractivity contribution in [1.29, 1.82) is 0 Å². The van der Waals surface area contributed by atoms with Crippen molar-refractivity contribution in [2.45, 2.75) is 13.5 Å². The standard InChI is InChI=1S/C22H17N3O3S/c1-14-4-6-19-18(9-14)21(27)16(12-28-19)5-7-20(26)24-11-17-13-29-22(25-17)15-3-2-8-23-10-15/h2-10,12-13H,11H2,1H3,(H,24,26)/b7-5+. The van der Waals surface area contributed by atoms with E-state index in [4.69, 9.17) is 4.42 Å². The first-order chi connectivity index (χ1) is 14.1. The van der Waals surface area contributed by atoms with Gasteiger partial charge in [-0.25, -0.2) is 4.98 Å². The molecule has 0 radical (unpaired) electrons. The molecule has 4 rings (SSSR count).